The number of benzene rings is 3. The second-order valence-corrected chi connectivity index (χ2v) is 10.6. The van der Waals surface area contributed by atoms with Crippen LogP contribution >= 0.6 is 0 Å². The van der Waals surface area contributed by atoms with E-state index in [0.717, 1.165) is 47.8 Å². The third kappa shape index (κ3) is 4.53. The summed E-state index contributed by atoms with van der Waals surface area (Å²) >= 11 is 0. The molecule has 7 heteroatoms. The third-order valence-electron chi connectivity index (χ3n) is 8.21. The molecule has 38 heavy (non-hydrogen) atoms. The first-order valence-corrected chi connectivity index (χ1v) is 13.0. The van der Waals surface area contributed by atoms with E-state index in [-0.39, 0.29) is 16.7 Å². The fourth-order valence-corrected chi connectivity index (χ4v) is 5.55. The minimum Gasteiger partial charge on any atom is -0.454 e. The maximum Gasteiger partial charge on any atom is 0.339 e. The molecule has 0 spiro atoms. The predicted molar refractivity (Wildman–Crippen MR) is 147 cm³/mol. The molecule has 0 fully saturated rings. The van der Waals surface area contributed by atoms with Gasteiger partial charge in [-0.2, -0.15) is 0 Å². The summed E-state index contributed by atoms with van der Waals surface area (Å²) in [6.45, 7) is 6.26. The van der Waals surface area contributed by atoms with E-state index in [1.54, 1.807) is 30.3 Å². The van der Waals surface area contributed by atoms with Gasteiger partial charge in [0, 0.05) is 22.7 Å². The van der Waals surface area contributed by atoms with Gasteiger partial charge in [-0.15, -0.1) is 0 Å². The SMILES string of the molecule is CCC(C)(C)C1CCc2nc3ccccc3c(C(=O)OCC(=O)c3cccc4c([N+](=O)[O-])cccc34)c2C1. The van der Waals surface area contributed by atoms with E-state index in [1.807, 2.05) is 24.3 Å². The smallest absolute Gasteiger partial charge is 0.339 e. The summed E-state index contributed by atoms with van der Waals surface area (Å²) in [5, 5.41) is 13.0. The highest BCUT2D eigenvalue weighted by atomic mass is 16.6. The fraction of sp³-hybridized carbons (Fsp3) is 0.323. The molecule has 4 aromatic rings. The lowest BCUT2D eigenvalue weighted by Gasteiger charge is -2.37. The monoisotopic (exact) mass is 510 g/mol. The molecule has 1 aliphatic rings. The highest BCUT2D eigenvalue weighted by molar-refractivity contribution is 6.12. The van der Waals surface area contributed by atoms with Gasteiger partial charge in [-0.25, -0.2) is 4.79 Å². The van der Waals surface area contributed by atoms with Crippen molar-refractivity contribution in [3.63, 3.8) is 0 Å². The Morgan fingerprint density at radius 3 is 2.50 bits per heavy atom. The molecule has 1 aliphatic carbocycles. The van der Waals surface area contributed by atoms with Crippen molar-refractivity contribution in [2.24, 2.45) is 11.3 Å². The van der Waals surface area contributed by atoms with Gasteiger partial charge in [0.1, 0.15) is 0 Å². The Balaban J connectivity index is 1.47. The van der Waals surface area contributed by atoms with Gasteiger partial charge in [0.2, 0.25) is 5.78 Å². The van der Waals surface area contributed by atoms with Gasteiger partial charge in [-0.1, -0.05) is 69.7 Å². The topological polar surface area (TPSA) is 99.4 Å². The number of pyridine rings is 1. The molecular weight excluding hydrogens is 480 g/mol. The average molecular weight is 511 g/mol. The van der Waals surface area contributed by atoms with Crippen molar-refractivity contribution < 1.29 is 19.2 Å². The molecule has 1 atom stereocenters. The van der Waals surface area contributed by atoms with E-state index in [2.05, 4.69) is 20.8 Å². The van der Waals surface area contributed by atoms with Gasteiger partial charge in [0.15, 0.2) is 6.61 Å². The summed E-state index contributed by atoms with van der Waals surface area (Å²) in [6, 6.07) is 17.0. The largest absolute Gasteiger partial charge is 0.454 e. The number of ketones is 1. The quantitative estimate of drug-likeness (QED) is 0.116. The van der Waals surface area contributed by atoms with Crippen LogP contribution in [0, 0.1) is 21.4 Å². The number of non-ortho nitro benzene ring substituents is 1. The molecule has 1 heterocycles. The second-order valence-electron chi connectivity index (χ2n) is 10.6. The molecule has 0 radical (unpaired) electrons. The van der Waals surface area contributed by atoms with Crippen molar-refractivity contribution in [3.05, 3.63) is 93.2 Å². The van der Waals surface area contributed by atoms with Gasteiger partial charge in [0.25, 0.3) is 5.69 Å². The summed E-state index contributed by atoms with van der Waals surface area (Å²) in [4.78, 5) is 42.6. The molecular formula is C31H30N2O5. The summed E-state index contributed by atoms with van der Waals surface area (Å²) in [6.07, 6.45) is 3.58. The van der Waals surface area contributed by atoms with Crippen LogP contribution in [0.5, 0.6) is 0 Å². The number of aryl methyl sites for hydroxylation is 1. The molecule has 0 saturated carbocycles. The van der Waals surface area contributed by atoms with Crippen LogP contribution in [0.3, 0.4) is 0 Å². The number of carbonyl (C=O) groups is 2. The number of rotatable bonds is 7. The number of hydrogen-bond acceptors (Lipinski definition) is 6. The van der Waals surface area contributed by atoms with E-state index in [1.165, 1.54) is 6.07 Å². The summed E-state index contributed by atoms with van der Waals surface area (Å²) in [5.74, 6) is -0.557. The van der Waals surface area contributed by atoms with Crippen molar-refractivity contribution in [1.82, 2.24) is 4.98 Å². The zero-order valence-corrected chi connectivity index (χ0v) is 21.8. The van der Waals surface area contributed by atoms with Crippen molar-refractivity contribution in [1.29, 1.82) is 0 Å². The second kappa shape index (κ2) is 9.97. The molecule has 5 rings (SSSR count). The Morgan fingerprint density at radius 2 is 1.74 bits per heavy atom. The van der Waals surface area contributed by atoms with Crippen molar-refractivity contribution in [2.75, 3.05) is 6.61 Å². The number of para-hydroxylation sites is 1. The van der Waals surface area contributed by atoms with Gasteiger partial charge >= 0.3 is 5.97 Å². The Labute approximate surface area is 221 Å². The Kier molecular flexibility index (Phi) is 6.69. The number of carbonyl (C=O) groups excluding carboxylic acids is 2. The first-order chi connectivity index (χ1) is 18.2. The number of esters is 1. The molecule has 0 aliphatic heterocycles. The minimum absolute atomic E-state index is 0.0754. The van der Waals surface area contributed by atoms with E-state index in [0.29, 0.717) is 22.3 Å². The zero-order valence-electron chi connectivity index (χ0n) is 21.8. The standard InChI is InChI=1S/C31H30N2O5/c1-4-31(2,3)19-15-16-26-24(17-19)29(23-9-5-6-13-25(23)32-26)30(35)38-18-28(34)22-12-7-11-21-20(22)10-8-14-27(21)33(36)37/h5-14,19H,4,15-18H2,1-3H3. The average Bonchev–Trinajstić information content (AvgIpc) is 2.93. The van der Waals surface area contributed by atoms with Crippen LogP contribution in [-0.4, -0.2) is 28.3 Å². The van der Waals surface area contributed by atoms with Crippen LogP contribution in [0.25, 0.3) is 21.7 Å². The third-order valence-corrected chi connectivity index (χ3v) is 8.21. The molecule has 0 saturated heterocycles. The number of nitro groups is 1. The molecule has 0 bridgehead atoms. The highest BCUT2D eigenvalue weighted by Gasteiger charge is 2.34. The number of nitrogens with zero attached hydrogens (tertiary/aromatic N) is 2. The van der Waals surface area contributed by atoms with Crippen LogP contribution < -0.4 is 0 Å². The molecule has 3 aromatic carbocycles. The first-order valence-electron chi connectivity index (χ1n) is 13.0. The lowest BCUT2D eigenvalue weighted by molar-refractivity contribution is -0.383. The molecule has 194 valence electrons. The van der Waals surface area contributed by atoms with Crippen LogP contribution in [0.15, 0.2) is 60.7 Å². The van der Waals surface area contributed by atoms with Crippen LogP contribution in [0.1, 0.15) is 65.6 Å². The maximum absolute atomic E-state index is 13.6. The Bertz CT molecular complexity index is 1590. The molecule has 7 nitrogen and oxygen atoms in total. The highest BCUT2D eigenvalue weighted by Crippen LogP contribution is 2.41. The Hall–Kier alpha value is -4.13. The number of aromatic nitrogens is 1. The van der Waals surface area contributed by atoms with Crippen LogP contribution in [0.4, 0.5) is 5.69 Å². The van der Waals surface area contributed by atoms with Crippen molar-refractivity contribution >= 4 is 39.1 Å². The van der Waals surface area contributed by atoms with E-state index >= 15 is 0 Å². The maximum atomic E-state index is 13.6. The summed E-state index contributed by atoms with van der Waals surface area (Å²) < 4.78 is 5.64. The van der Waals surface area contributed by atoms with Crippen molar-refractivity contribution in [3.8, 4) is 0 Å². The van der Waals surface area contributed by atoms with Gasteiger partial charge in [-0.05, 0) is 53.7 Å². The van der Waals surface area contributed by atoms with Crippen LogP contribution in [0.2, 0.25) is 0 Å². The summed E-state index contributed by atoms with van der Waals surface area (Å²) in [7, 11) is 0. The van der Waals surface area contributed by atoms with Gasteiger partial charge < -0.3 is 4.74 Å². The normalized spacial score (nSPS) is 15.3. The molecule has 1 unspecified atom stereocenters. The number of hydrogen-bond donors (Lipinski definition) is 0. The van der Waals surface area contributed by atoms with Crippen LogP contribution in [-0.2, 0) is 17.6 Å². The number of nitro benzene ring substituents is 1. The molecule has 1 aromatic heterocycles. The van der Waals surface area contributed by atoms with Gasteiger partial charge in [0.05, 0.1) is 21.4 Å². The number of Topliss-reactive ketones (excluding diaryl/α,β-unsaturated/α-hetero) is 1. The minimum atomic E-state index is -0.547. The first kappa shape index (κ1) is 25.5. The zero-order chi connectivity index (χ0) is 27.0. The summed E-state index contributed by atoms with van der Waals surface area (Å²) in [5.41, 5.74) is 3.39. The number of fused-ring (bicyclic) bond motifs is 3. The number of ether oxygens (including phenoxy) is 1. The Morgan fingerprint density at radius 1 is 1.03 bits per heavy atom. The molecule has 0 amide bonds. The van der Waals surface area contributed by atoms with Gasteiger partial charge in [-0.3, -0.25) is 19.9 Å². The fourth-order valence-electron chi connectivity index (χ4n) is 5.55. The van der Waals surface area contributed by atoms with E-state index < -0.39 is 23.3 Å². The lowest BCUT2D eigenvalue weighted by Crippen LogP contribution is -2.31. The van der Waals surface area contributed by atoms with E-state index in [4.69, 9.17) is 9.72 Å². The molecule has 0 N–H and O–H groups in total. The van der Waals surface area contributed by atoms with E-state index in [9.17, 15) is 19.7 Å². The lowest BCUT2D eigenvalue weighted by atomic mass is 9.68. The predicted octanol–water partition coefficient (Wildman–Crippen LogP) is 6.88. The van der Waals surface area contributed by atoms with Crippen molar-refractivity contribution in [2.45, 2.75) is 46.5 Å².